The maximum Gasteiger partial charge on any atom is 0.0755 e. The monoisotopic (exact) mass is 774 g/mol. The van der Waals surface area contributed by atoms with Crippen LogP contribution in [0.3, 0.4) is 0 Å². The fraction of sp³-hybridized carbons (Fsp3) is 0.0169. The van der Waals surface area contributed by atoms with Gasteiger partial charge in [-0.3, -0.25) is 0 Å². The van der Waals surface area contributed by atoms with Crippen LogP contribution in [0.1, 0.15) is 22.3 Å². The van der Waals surface area contributed by atoms with Crippen molar-refractivity contribution in [3.05, 3.63) is 253 Å². The van der Waals surface area contributed by atoms with Crippen molar-refractivity contribution < 1.29 is 0 Å². The topological polar surface area (TPSA) is 8.17 Å². The molecule has 0 radical (unpaired) electrons. The molecule has 1 unspecified atom stereocenters. The Kier molecular flexibility index (Phi) is 7.26. The van der Waals surface area contributed by atoms with Crippen LogP contribution in [0.15, 0.2) is 231 Å². The largest absolute Gasteiger partial charge is 0.309 e. The summed E-state index contributed by atoms with van der Waals surface area (Å²) in [5.74, 6) is 0. The first kappa shape index (κ1) is 34.0. The van der Waals surface area contributed by atoms with Gasteiger partial charge in [-0.1, -0.05) is 194 Å². The van der Waals surface area contributed by atoms with Gasteiger partial charge in [-0.2, -0.15) is 0 Å². The number of rotatable bonds is 5. The van der Waals surface area contributed by atoms with E-state index in [1.807, 2.05) is 0 Å². The molecular formula is C59H38N2. The molecule has 0 saturated heterocycles. The number of benzene rings is 10. The van der Waals surface area contributed by atoms with Gasteiger partial charge in [-0.15, -0.1) is 0 Å². The summed E-state index contributed by atoms with van der Waals surface area (Å²) in [5, 5.41) is 4.99. The van der Waals surface area contributed by atoms with Crippen molar-refractivity contribution >= 4 is 49.6 Å². The van der Waals surface area contributed by atoms with Gasteiger partial charge in [0.25, 0.3) is 0 Å². The third-order valence-corrected chi connectivity index (χ3v) is 13.4. The lowest BCUT2D eigenvalue weighted by Crippen LogP contribution is -2.33. The van der Waals surface area contributed by atoms with Gasteiger partial charge in [0.2, 0.25) is 0 Å². The van der Waals surface area contributed by atoms with Crippen molar-refractivity contribution in [1.82, 2.24) is 4.57 Å². The first-order chi connectivity index (χ1) is 30.3. The number of hydrogen-bond acceptors (Lipinski definition) is 1. The summed E-state index contributed by atoms with van der Waals surface area (Å²) in [5.41, 5.74) is 19.3. The Hall–Kier alpha value is -7.94. The maximum absolute atomic E-state index is 2.52. The predicted octanol–water partition coefficient (Wildman–Crippen LogP) is 15.4. The zero-order chi connectivity index (χ0) is 40.1. The van der Waals surface area contributed by atoms with Gasteiger partial charge >= 0.3 is 0 Å². The van der Waals surface area contributed by atoms with E-state index in [9.17, 15) is 0 Å². The van der Waals surface area contributed by atoms with Gasteiger partial charge in [0.1, 0.15) is 0 Å². The standard InChI is InChI=1S/C59H38N2/c1-2-15-39(16-3-1)40-31-33-41(34-32-40)42-35-37-44(38-36-42)60(53-29-12-18-43-17-4-5-19-45(43)53)56-30-14-25-51-57(56)48-21-6-8-23-49(48)59(51)50-24-9-11-28-55(50)61-54-27-10-7-20-46(54)47-22-13-26-52(59)58(47)61/h1-38H. The first-order valence-electron chi connectivity index (χ1n) is 21.2. The summed E-state index contributed by atoms with van der Waals surface area (Å²) in [4.78, 5) is 2.51. The first-order valence-corrected chi connectivity index (χ1v) is 21.2. The van der Waals surface area contributed by atoms with E-state index in [1.54, 1.807) is 0 Å². The minimum atomic E-state index is -0.539. The molecule has 1 aromatic heterocycles. The zero-order valence-corrected chi connectivity index (χ0v) is 33.3. The van der Waals surface area contributed by atoms with Crippen LogP contribution in [0.25, 0.3) is 71.6 Å². The number of nitrogens with zero attached hydrogens (tertiary/aromatic N) is 2. The number of anilines is 3. The molecule has 1 atom stereocenters. The Bertz CT molecular complexity index is 3520. The molecule has 2 heteroatoms. The van der Waals surface area contributed by atoms with Crippen LogP contribution in [0.2, 0.25) is 0 Å². The molecule has 61 heavy (non-hydrogen) atoms. The molecule has 2 heterocycles. The highest BCUT2D eigenvalue weighted by atomic mass is 15.1. The van der Waals surface area contributed by atoms with Crippen molar-refractivity contribution in [2.24, 2.45) is 0 Å². The van der Waals surface area contributed by atoms with Crippen molar-refractivity contribution in [2.75, 3.05) is 4.90 Å². The van der Waals surface area contributed by atoms with E-state index in [0.717, 1.165) is 17.1 Å². The van der Waals surface area contributed by atoms with Gasteiger partial charge in [0.15, 0.2) is 0 Å². The third-order valence-electron chi connectivity index (χ3n) is 13.4. The van der Waals surface area contributed by atoms with E-state index in [2.05, 4.69) is 240 Å². The molecule has 2 aliphatic rings. The molecule has 0 saturated carbocycles. The second-order valence-corrected chi connectivity index (χ2v) is 16.4. The molecule has 1 aliphatic carbocycles. The Morgan fingerprint density at radius 3 is 1.70 bits per heavy atom. The van der Waals surface area contributed by atoms with Crippen LogP contribution in [-0.2, 0) is 5.41 Å². The summed E-state index contributed by atoms with van der Waals surface area (Å²) in [6.07, 6.45) is 0. The fourth-order valence-corrected chi connectivity index (χ4v) is 10.9. The molecular weight excluding hydrogens is 737 g/mol. The van der Waals surface area contributed by atoms with Crippen LogP contribution in [0, 0.1) is 0 Å². The minimum Gasteiger partial charge on any atom is -0.309 e. The Morgan fingerprint density at radius 1 is 0.344 bits per heavy atom. The highest BCUT2D eigenvalue weighted by Gasteiger charge is 2.51. The highest BCUT2D eigenvalue weighted by Crippen LogP contribution is 2.63. The molecule has 13 rings (SSSR count). The maximum atomic E-state index is 2.52. The second kappa shape index (κ2) is 13.0. The van der Waals surface area contributed by atoms with E-state index < -0.39 is 5.41 Å². The van der Waals surface area contributed by atoms with Crippen molar-refractivity contribution in [3.8, 4) is 39.1 Å². The van der Waals surface area contributed by atoms with Crippen molar-refractivity contribution in [2.45, 2.75) is 5.41 Å². The summed E-state index contributed by atoms with van der Waals surface area (Å²) >= 11 is 0. The molecule has 0 fully saturated rings. The lowest BCUT2D eigenvalue weighted by molar-refractivity contribution is 0.748. The molecule has 0 N–H and O–H groups in total. The lowest BCUT2D eigenvalue weighted by Gasteiger charge is -2.39. The van der Waals surface area contributed by atoms with E-state index in [1.165, 1.54) is 93.9 Å². The molecule has 284 valence electrons. The lowest BCUT2D eigenvalue weighted by atomic mass is 9.65. The van der Waals surface area contributed by atoms with Crippen molar-refractivity contribution in [3.63, 3.8) is 0 Å². The summed E-state index contributed by atoms with van der Waals surface area (Å²) < 4.78 is 2.52. The Labute approximate surface area is 354 Å². The summed E-state index contributed by atoms with van der Waals surface area (Å²) in [7, 11) is 0. The molecule has 1 aliphatic heterocycles. The van der Waals surface area contributed by atoms with Gasteiger partial charge < -0.3 is 9.47 Å². The summed E-state index contributed by atoms with van der Waals surface area (Å²) in [6.45, 7) is 0. The van der Waals surface area contributed by atoms with Gasteiger partial charge in [-0.05, 0) is 91.9 Å². The second-order valence-electron chi connectivity index (χ2n) is 16.4. The Morgan fingerprint density at radius 2 is 0.885 bits per heavy atom. The molecule has 11 aromatic rings. The summed E-state index contributed by atoms with van der Waals surface area (Å²) in [6, 6.07) is 85.3. The van der Waals surface area contributed by atoms with E-state index in [4.69, 9.17) is 0 Å². The molecule has 2 nitrogen and oxygen atoms in total. The van der Waals surface area contributed by atoms with Gasteiger partial charge in [0, 0.05) is 27.4 Å². The normalized spacial score (nSPS) is 14.6. The quantitative estimate of drug-likeness (QED) is 0.169. The van der Waals surface area contributed by atoms with E-state index in [-0.39, 0.29) is 0 Å². The predicted molar refractivity (Wildman–Crippen MR) is 255 cm³/mol. The zero-order valence-electron chi connectivity index (χ0n) is 33.3. The van der Waals surface area contributed by atoms with Crippen LogP contribution >= 0.6 is 0 Å². The van der Waals surface area contributed by atoms with E-state index >= 15 is 0 Å². The Balaban J connectivity index is 1.06. The third kappa shape index (κ3) is 4.73. The van der Waals surface area contributed by atoms with Gasteiger partial charge in [0.05, 0.1) is 33.5 Å². The number of fused-ring (bicyclic) bond motifs is 13. The number of aromatic nitrogens is 1. The van der Waals surface area contributed by atoms with Crippen LogP contribution in [0.4, 0.5) is 17.1 Å². The van der Waals surface area contributed by atoms with Crippen molar-refractivity contribution in [1.29, 1.82) is 0 Å². The fourth-order valence-electron chi connectivity index (χ4n) is 10.9. The minimum absolute atomic E-state index is 0.539. The van der Waals surface area contributed by atoms with Gasteiger partial charge in [-0.25, -0.2) is 0 Å². The van der Waals surface area contributed by atoms with Crippen LogP contribution in [-0.4, -0.2) is 4.57 Å². The molecule has 10 aromatic carbocycles. The average Bonchev–Trinajstić information content (AvgIpc) is 3.83. The SMILES string of the molecule is c1ccc(-c2ccc(-c3ccc(N(c4cccc5c4-c4ccccc4C54c5ccccc5-n5c6ccccc6c6cccc4c65)c4cccc5ccccc45)cc3)cc2)cc1. The average molecular weight is 775 g/mol. The highest BCUT2D eigenvalue weighted by molar-refractivity contribution is 6.13. The molecule has 1 spiro atoms. The number of hydrogen-bond donors (Lipinski definition) is 0. The molecule has 0 amide bonds. The number of para-hydroxylation sites is 3. The van der Waals surface area contributed by atoms with Crippen LogP contribution < -0.4 is 4.90 Å². The molecule has 0 bridgehead atoms. The smallest absolute Gasteiger partial charge is 0.0755 e. The van der Waals surface area contributed by atoms with Crippen LogP contribution in [0.5, 0.6) is 0 Å². The van der Waals surface area contributed by atoms with E-state index in [0.29, 0.717) is 0 Å².